The molecule has 0 spiro atoms. The van der Waals surface area contributed by atoms with Crippen LogP contribution in [0.15, 0.2) is 53.8 Å². The number of aromatic nitrogens is 3. The lowest BCUT2D eigenvalue weighted by Gasteiger charge is -2.12. The van der Waals surface area contributed by atoms with Crippen LogP contribution in [0.3, 0.4) is 0 Å². The maximum atomic E-state index is 15.1. The first kappa shape index (κ1) is 22.1. The van der Waals surface area contributed by atoms with E-state index in [0.29, 0.717) is 37.8 Å². The first-order valence-corrected chi connectivity index (χ1v) is 12.4. The second kappa shape index (κ2) is 8.93. The molecular weight excluding hydrogens is 484 g/mol. The molecule has 2 heterocycles. The van der Waals surface area contributed by atoms with Gasteiger partial charge in [-0.05, 0) is 48.7 Å². The molecular formula is C23H20Cl2FN5OS. The molecule has 33 heavy (non-hydrogen) atoms. The van der Waals surface area contributed by atoms with Crippen molar-refractivity contribution in [3.63, 3.8) is 0 Å². The van der Waals surface area contributed by atoms with Crippen molar-refractivity contribution in [2.45, 2.75) is 36.6 Å². The zero-order valence-electron chi connectivity index (χ0n) is 17.4. The standard InChI is InChI=1S/C23H20Cl2FN5OS/c24-14-8-15(25)10-17(9-14)33(32)30-20-6-5-13(7-19(20)26)18-11-31(16-3-1-2-4-16)23-21(18)22(27)28-12-29-23/h5-12,16,30H,1-4H2,(H2,27,28,29). The molecule has 0 radical (unpaired) electrons. The minimum absolute atomic E-state index is 0.0944. The van der Waals surface area contributed by atoms with Crippen molar-refractivity contribution in [1.82, 2.24) is 14.5 Å². The number of halogens is 3. The predicted molar refractivity (Wildman–Crippen MR) is 131 cm³/mol. The van der Waals surface area contributed by atoms with Crippen molar-refractivity contribution in [3.8, 4) is 11.1 Å². The third kappa shape index (κ3) is 4.30. The minimum atomic E-state index is -1.74. The average molecular weight is 504 g/mol. The number of fused-ring (bicyclic) bond motifs is 1. The van der Waals surface area contributed by atoms with E-state index in [2.05, 4.69) is 19.3 Å². The number of nitrogen functional groups attached to an aromatic ring is 1. The van der Waals surface area contributed by atoms with E-state index < -0.39 is 16.8 Å². The van der Waals surface area contributed by atoms with Crippen LogP contribution >= 0.6 is 23.2 Å². The maximum absolute atomic E-state index is 15.1. The summed E-state index contributed by atoms with van der Waals surface area (Å²) in [6.07, 6.45) is 7.93. The fourth-order valence-electron chi connectivity index (χ4n) is 4.35. The average Bonchev–Trinajstić information content (AvgIpc) is 3.43. The summed E-state index contributed by atoms with van der Waals surface area (Å²) in [4.78, 5) is 8.96. The van der Waals surface area contributed by atoms with Crippen LogP contribution in [0.5, 0.6) is 0 Å². The molecule has 0 aliphatic heterocycles. The normalized spacial score (nSPS) is 15.2. The van der Waals surface area contributed by atoms with E-state index in [0.717, 1.165) is 24.1 Å². The number of nitrogens with zero attached hydrogens (tertiary/aromatic N) is 3. The van der Waals surface area contributed by atoms with Crippen molar-refractivity contribution < 1.29 is 8.60 Å². The second-order valence-corrected chi connectivity index (χ2v) is 10.1. The lowest BCUT2D eigenvalue weighted by molar-refractivity contribution is 0.532. The van der Waals surface area contributed by atoms with Gasteiger partial charge in [0.15, 0.2) is 0 Å². The summed E-state index contributed by atoms with van der Waals surface area (Å²) in [6.45, 7) is 0. The molecule has 10 heteroatoms. The van der Waals surface area contributed by atoms with Gasteiger partial charge in [0.1, 0.15) is 34.6 Å². The van der Waals surface area contributed by atoms with Gasteiger partial charge in [0.2, 0.25) is 0 Å². The molecule has 6 nitrogen and oxygen atoms in total. The Morgan fingerprint density at radius 2 is 1.82 bits per heavy atom. The van der Waals surface area contributed by atoms with E-state index >= 15 is 4.39 Å². The van der Waals surface area contributed by atoms with Gasteiger partial charge in [-0.1, -0.05) is 42.1 Å². The van der Waals surface area contributed by atoms with Gasteiger partial charge in [0.05, 0.1) is 16.0 Å². The topological polar surface area (TPSA) is 85.8 Å². The largest absolute Gasteiger partial charge is 0.383 e. The maximum Gasteiger partial charge on any atom is 0.150 e. The van der Waals surface area contributed by atoms with Crippen LogP contribution in [0.4, 0.5) is 15.9 Å². The van der Waals surface area contributed by atoms with Gasteiger partial charge in [-0.25, -0.2) is 18.6 Å². The summed E-state index contributed by atoms with van der Waals surface area (Å²) < 4.78 is 32.6. The molecule has 4 aromatic rings. The summed E-state index contributed by atoms with van der Waals surface area (Å²) in [7, 11) is -1.74. The van der Waals surface area contributed by atoms with E-state index in [1.165, 1.54) is 43.4 Å². The van der Waals surface area contributed by atoms with Crippen molar-refractivity contribution >= 4 is 56.7 Å². The molecule has 0 saturated heterocycles. The lowest BCUT2D eigenvalue weighted by Crippen LogP contribution is -2.06. The number of nitrogens with two attached hydrogens (primary N) is 1. The van der Waals surface area contributed by atoms with E-state index in [1.807, 2.05) is 6.20 Å². The van der Waals surface area contributed by atoms with E-state index in [9.17, 15) is 4.21 Å². The van der Waals surface area contributed by atoms with Crippen molar-refractivity contribution in [1.29, 1.82) is 0 Å². The third-order valence-corrected chi connectivity index (χ3v) is 7.40. The summed E-state index contributed by atoms with van der Waals surface area (Å²) >= 11 is 12.0. The Balaban J connectivity index is 1.50. The van der Waals surface area contributed by atoms with Gasteiger partial charge < -0.3 is 10.3 Å². The first-order valence-electron chi connectivity index (χ1n) is 10.5. The number of nitrogens with one attached hydrogen (secondary N) is 1. The molecule has 1 aliphatic carbocycles. The molecule has 5 rings (SSSR count). The molecule has 1 atom stereocenters. The summed E-state index contributed by atoms with van der Waals surface area (Å²) in [5, 5.41) is 1.41. The highest BCUT2D eigenvalue weighted by Gasteiger charge is 2.23. The number of hydrogen-bond donors (Lipinski definition) is 2. The first-order chi connectivity index (χ1) is 15.9. The molecule has 1 fully saturated rings. The smallest absolute Gasteiger partial charge is 0.150 e. The highest BCUT2D eigenvalue weighted by molar-refractivity contribution is 7.86. The number of hydrogen-bond acceptors (Lipinski definition) is 4. The zero-order valence-corrected chi connectivity index (χ0v) is 19.7. The molecule has 170 valence electrons. The Labute approximate surface area is 202 Å². The Bertz CT molecular complexity index is 1370. The number of anilines is 2. The van der Waals surface area contributed by atoms with Crippen molar-refractivity contribution in [2.24, 2.45) is 0 Å². The lowest BCUT2D eigenvalue weighted by atomic mass is 10.1. The molecule has 1 saturated carbocycles. The van der Waals surface area contributed by atoms with Crippen LogP contribution in [-0.2, 0) is 11.0 Å². The number of rotatable bonds is 5. The van der Waals surface area contributed by atoms with Crippen molar-refractivity contribution in [2.75, 3.05) is 10.5 Å². The van der Waals surface area contributed by atoms with Gasteiger partial charge in [-0.15, -0.1) is 0 Å². The van der Waals surface area contributed by atoms with Crippen LogP contribution in [0, 0.1) is 5.82 Å². The highest BCUT2D eigenvalue weighted by Crippen LogP contribution is 2.39. The predicted octanol–water partition coefficient (Wildman–Crippen LogP) is 6.38. The molecule has 0 bridgehead atoms. The Morgan fingerprint density at radius 3 is 2.52 bits per heavy atom. The van der Waals surface area contributed by atoms with Gasteiger partial charge in [-0.3, -0.25) is 4.72 Å². The van der Waals surface area contributed by atoms with E-state index in [1.54, 1.807) is 12.1 Å². The van der Waals surface area contributed by atoms with Gasteiger partial charge in [0, 0.05) is 27.8 Å². The molecule has 2 aromatic heterocycles. The number of benzene rings is 2. The quantitative estimate of drug-likeness (QED) is 0.331. The highest BCUT2D eigenvalue weighted by atomic mass is 35.5. The van der Waals surface area contributed by atoms with Crippen LogP contribution in [0.1, 0.15) is 31.7 Å². The molecule has 1 aliphatic rings. The van der Waals surface area contributed by atoms with Crippen LogP contribution in [0.2, 0.25) is 10.0 Å². The monoisotopic (exact) mass is 503 g/mol. The van der Waals surface area contributed by atoms with Crippen LogP contribution in [-0.4, -0.2) is 18.7 Å². The molecule has 3 N–H and O–H groups in total. The van der Waals surface area contributed by atoms with Crippen molar-refractivity contribution in [3.05, 3.63) is 64.8 Å². The minimum Gasteiger partial charge on any atom is -0.383 e. The van der Waals surface area contributed by atoms with Crippen LogP contribution < -0.4 is 10.5 Å². The molecule has 0 amide bonds. The van der Waals surface area contributed by atoms with E-state index in [-0.39, 0.29) is 5.69 Å². The zero-order chi connectivity index (χ0) is 23.1. The summed E-state index contributed by atoms with van der Waals surface area (Å²) in [5.74, 6) is -0.195. The fourth-order valence-corrected chi connectivity index (χ4v) is 5.95. The summed E-state index contributed by atoms with van der Waals surface area (Å²) in [6, 6.07) is 9.61. The molecule has 2 aromatic carbocycles. The third-order valence-electron chi connectivity index (χ3n) is 5.89. The van der Waals surface area contributed by atoms with Gasteiger partial charge >= 0.3 is 0 Å². The van der Waals surface area contributed by atoms with Gasteiger partial charge in [0.25, 0.3) is 0 Å². The van der Waals surface area contributed by atoms with Gasteiger partial charge in [-0.2, -0.15) is 0 Å². The Hall–Kier alpha value is -2.68. The summed E-state index contributed by atoms with van der Waals surface area (Å²) in [5.41, 5.74) is 8.45. The fraction of sp³-hybridized carbons (Fsp3) is 0.217. The Morgan fingerprint density at radius 1 is 1.09 bits per heavy atom. The van der Waals surface area contributed by atoms with E-state index in [4.69, 9.17) is 28.9 Å². The van der Waals surface area contributed by atoms with Crippen LogP contribution in [0.25, 0.3) is 22.2 Å². The second-order valence-electron chi connectivity index (χ2n) is 8.02. The Kier molecular flexibility index (Phi) is 5.99. The SMILES string of the molecule is Nc1ncnc2c1c(-c1ccc(NS(=O)c3cc(Cl)cc(Cl)c3)c(F)c1)cn2C1CCCC1. The molecule has 1 unspecified atom stereocenters.